The predicted octanol–water partition coefficient (Wildman–Crippen LogP) is 1.48. The summed E-state index contributed by atoms with van der Waals surface area (Å²) in [4.78, 5) is 2.44. The van der Waals surface area contributed by atoms with Gasteiger partial charge in [0, 0.05) is 25.8 Å². The second-order valence-electron chi connectivity index (χ2n) is 4.38. The molecular formula is C13H18N2O2S. The van der Waals surface area contributed by atoms with E-state index < -0.39 is 9.84 Å². The Morgan fingerprint density at radius 2 is 1.83 bits per heavy atom. The number of hydrogen-bond donors (Lipinski definition) is 0. The molecule has 4 nitrogen and oxygen atoms in total. The lowest BCUT2D eigenvalue weighted by Gasteiger charge is -2.14. The lowest BCUT2D eigenvalue weighted by molar-refractivity contribution is 0.346. The summed E-state index contributed by atoms with van der Waals surface area (Å²) in [5.74, 6) is 0. The third kappa shape index (κ3) is 4.86. The summed E-state index contributed by atoms with van der Waals surface area (Å²) in [6, 6.07) is 9.07. The van der Waals surface area contributed by atoms with Gasteiger partial charge in [-0.3, -0.25) is 0 Å². The van der Waals surface area contributed by atoms with Crippen LogP contribution < -0.4 is 0 Å². The molecule has 1 rings (SSSR count). The first-order valence-electron chi connectivity index (χ1n) is 5.78. The van der Waals surface area contributed by atoms with Crippen LogP contribution in [0.4, 0.5) is 0 Å². The van der Waals surface area contributed by atoms with E-state index in [-0.39, 0.29) is 0 Å². The van der Waals surface area contributed by atoms with Gasteiger partial charge in [0.1, 0.15) is 0 Å². The van der Waals surface area contributed by atoms with Crippen LogP contribution in [0.5, 0.6) is 0 Å². The molecule has 0 bridgehead atoms. The summed E-state index contributed by atoms with van der Waals surface area (Å²) in [7, 11) is -1.13. The fourth-order valence-electron chi connectivity index (χ4n) is 1.58. The molecule has 0 heterocycles. The molecule has 1 aromatic carbocycles. The van der Waals surface area contributed by atoms with E-state index in [0.717, 1.165) is 25.1 Å². The topological polar surface area (TPSA) is 61.2 Å². The van der Waals surface area contributed by atoms with Crippen molar-refractivity contribution in [2.45, 2.75) is 17.7 Å². The second-order valence-corrected chi connectivity index (χ2v) is 6.39. The molecule has 0 saturated heterocycles. The van der Waals surface area contributed by atoms with Gasteiger partial charge in [0.2, 0.25) is 0 Å². The van der Waals surface area contributed by atoms with E-state index in [9.17, 15) is 8.42 Å². The first-order chi connectivity index (χ1) is 8.43. The fourth-order valence-corrected chi connectivity index (χ4v) is 2.21. The van der Waals surface area contributed by atoms with Gasteiger partial charge in [0.05, 0.1) is 11.0 Å². The summed E-state index contributed by atoms with van der Waals surface area (Å²) in [5.41, 5.74) is 1.10. The van der Waals surface area contributed by atoms with E-state index in [4.69, 9.17) is 5.26 Å². The van der Waals surface area contributed by atoms with Gasteiger partial charge < -0.3 is 4.90 Å². The van der Waals surface area contributed by atoms with E-state index in [0.29, 0.717) is 11.3 Å². The maximum atomic E-state index is 11.3. The van der Waals surface area contributed by atoms with Crippen LogP contribution in [0.15, 0.2) is 29.2 Å². The van der Waals surface area contributed by atoms with E-state index in [1.807, 2.05) is 19.2 Å². The molecule has 18 heavy (non-hydrogen) atoms. The van der Waals surface area contributed by atoms with E-state index in [1.165, 1.54) is 6.26 Å². The van der Waals surface area contributed by atoms with Crippen LogP contribution in [0.1, 0.15) is 12.0 Å². The largest absolute Gasteiger partial charge is 0.305 e. The first-order valence-corrected chi connectivity index (χ1v) is 7.67. The molecule has 1 aromatic rings. The molecule has 0 aliphatic heterocycles. The lowest BCUT2D eigenvalue weighted by Crippen LogP contribution is -2.22. The zero-order valence-corrected chi connectivity index (χ0v) is 11.6. The van der Waals surface area contributed by atoms with Crippen molar-refractivity contribution in [2.24, 2.45) is 0 Å². The molecule has 0 aliphatic rings. The Kier molecular flexibility index (Phi) is 5.32. The molecule has 0 saturated carbocycles. The van der Waals surface area contributed by atoms with Gasteiger partial charge in [-0.05, 0) is 31.2 Å². The molecule has 0 unspecified atom stereocenters. The summed E-state index contributed by atoms with van der Waals surface area (Å²) in [6.45, 7) is 1.62. The molecule has 0 fully saturated rings. The smallest absolute Gasteiger partial charge is 0.175 e. The summed E-state index contributed by atoms with van der Waals surface area (Å²) in [6.07, 6.45) is 2.59. The summed E-state index contributed by atoms with van der Waals surface area (Å²) < 4.78 is 22.6. The van der Waals surface area contributed by atoms with Gasteiger partial charge in [0.25, 0.3) is 0 Å². The van der Waals surface area contributed by atoms with Crippen LogP contribution >= 0.6 is 0 Å². The van der Waals surface area contributed by atoms with Crippen molar-refractivity contribution in [1.29, 1.82) is 5.26 Å². The molecule has 0 aliphatic carbocycles. The highest BCUT2D eigenvalue weighted by molar-refractivity contribution is 7.90. The van der Waals surface area contributed by atoms with Crippen molar-refractivity contribution in [1.82, 2.24) is 4.90 Å². The van der Waals surface area contributed by atoms with Crippen molar-refractivity contribution < 1.29 is 8.42 Å². The number of sulfone groups is 1. The van der Waals surface area contributed by atoms with Crippen molar-refractivity contribution in [3.63, 3.8) is 0 Å². The van der Waals surface area contributed by atoms with Gasteiger partial charge in [0.15, 0.2) is 9.84 Å². The van der Waals surface area contributed by atoms with Crippen molar-refractivity contribution in [3.05, 3.63) is 29.8 Å². The van der Waals surface area contributed by atoms with Gasteiger partial charge in [-0.2, -0.15) is 5.26 Å². The number of benzene rings is 1. The summed E-state index contributed by atoms with van der Waals surface area (Å²) >= 11 is 0. The van der Waals surface area contributed by atoms with Crippen LogP contribution in [0, 0.1) is 11.3 Å². The number of hydrogen-bond acceptors (Lipinski definition) is 4. The number of nitriles is 1. The van der Waals surface area contributed by atoms with E-state index in [2.05, 4.69) is 11.0 Å². The minimum absolute atomic E-state index is 0.351. The molecule has 0 amide bonds. The monoisotopic (exact) mass is 266 g/mol. The number of likely N-dealkylation sites (N-methyl/N-ethyl adjacent to an activating group) is 1. The highest BCUT2D eigenvalue weighted by Crippen LogP contribution is 2.10. The predicted molar refractivity (Wildman–Crippen MR) is 71.0 cm³/mol. The maximum absolute atomic E-state index is 11.3. The quantitative estimate of drug-likeness (QED) is 0.782. The van der Waals surface area contributed by atoms with Crippen LogP contribution in [-0.2, 0) is 16.3 Å². The van der Waals surface area contributed by atoms with Crippen LogP contribution in [0.2, 0.25) is 0 Å². The normalized spacial score (nSPS) is 11.4. The van der Waals surface area contributed by atoms with Crippen LogP contribution in [-0.4, -0.2) is 39.7 Å². The van der Waals surface area contributed by atoms with E-state index in [1.54, 1.807) is 12.1 Å². The highest BCUT2D eigenvalue weighted by Gasteiger charge is 2.06. The van der Waals surface area contributed by atoms with Crippen LogP contribution in [0.3, 0.4) is 0 Å². The zero-order chi connectivity index (χ0) is 13.6. The Labute approximate surface area is 109 Å². The lowest BCUT2D eigenvalue weighted by atomic mass is 10.1. The van der Waals surface area contributed by atoms with Gasteiger partial charge in [-0.15, -0.1) is 0 Å². The molecule has 0 N–H and O–H groups in total. The van der Waals surface area contributed by atoms with Crippen molar-refractivity contribution in [2.75, 3.05) is 26.4 Å². The number of nitrogens with zero attached hydrogens (tertiary/aromatic N) is 2. The zero-order valence-electron chi connectivity index (χ0n) is 10.8. The van der Waals surface area contributed by atoms with Gasteiger partial charge in [-0.1, -0.05) is 12.1 Å². The minimum atomic E-state index is -3.11. The fraction of sp³-hybridized carbons (Fsp3) is 0.462. The Morgan fingerprint density at radius 1 is 1.22 bits per heavy atom. The standard InChI is InChI=1S/C13H18N2O2S/c1-15(10-3-9-14)11-8-12-4-6-13(7-5-12)18(2,16)17/h4-7H,3,8,10-11H2,1-2H3. The molecule has 0 atom stereocenters. The molecule has 0 spiro atoms. The molecule has 5 heteroatoms. The molecule has 0 aromatic heterocycles. The van der Waals surface area contributed by atoms with Gasteiger partial charge >= 0.3 is 0 Å². The average molecular weight is 266 g/mol. The Hall–Kier alpha value is -1.38. The molecule has 98 valence electrons. The highest BCUT2D eigenvalue weighted by atomic mass is 32.2. The average Bonchev–Trinajstić information content (AvgIpc) is 2.33. The third-order valence-electron chi connectivity index (χ3n) is 2.74. The Morgan fingerprint density at radius 3 is 2.33 bits per heavy atom. The second kappa shape index (κ2) is 6.53. The Bertz CT molecular complexity index is 515. The molecular weight excluding hydrogens is 248 g/mol. The van der Waals surface area contributed by atoms with Crippen LogP contribution in [0.25, 0.3) is 0 Å². The van der Waals surface area contributed by atoms with Crippen molar-refractivity contribution >= 4 is 9.84 Å². The summed E-state index contributed by atoms with van der Waals surface area (Å²) in [5, 5.41) is 8.47. The SMILES string of the molecule is CN(CCC#N)CCc1ccc(S(C)(=O)=O)cc1. The molecule has 0 radical (unpaired) electrons. The van der Waals surface area contributed by atoms with E-state index >= 15 is 0 Å². The minimum Gasteiger partial charge on any atom is -0.305 e. The van der Waals surface area contributed by atoms with Crippen molar-refractivity contribution in [3.8, 4) is 6.07 Å². The number of rotatable bonds is 6. The van der Waals surface area contributed by atoms with Gasteiger partial charge in [-0.25, -0.2) is 8.42 Å². The first kappa shape index (κ1) is 14.7. The Balaban J connectivity index is 2.52. The third-order valence-corrected chi connectivity index (χ3v) is 3.87. The maximum Gasteiger partial charge on any atom is 0.175 e.